The highest BCUT2D eigenvalue weighted by Crippen LogP contribution is 2.60. The van der Waals surface area contributed by atoms with Gasteiger partial charge in [0.1, 0.15) is 0 Å². The summed E-state index contributed by atoms with van der Waals surface area (Å²) in [5.41, 5.74) is -0.183. The number of allylic oxidation sites excluding steroid dienone is 1. The fourth-order valence-electron chi connectivity index (χ4n) is 1.81. The molecule has 1 aliphatic rings. The molecule has 0 aliphatic heterocycles. The third-order valence-electron chi connectivity index (χ3n) is 2.76. The van der Waals surface area contributed by atoms with Crippen LogP contribution in [0.1, 0.15) is 20.8 Å². The van der Waals surface area contributed by atoms with Crippen LogP contribution < -0.4 is 0 Å². The maximum absolute atomic E-state index is 12.6. The van der Waals surface area contributed by atoms with E-state index in [4.69, 9.17) is 4.74 Å². The topological polar surface area (TPSA) is 26.3 Å². The summed E-state index contributed by atoms with van der Waals surface area (Å²) in [5, 5.41) is 0. The number of rotatable bonds is 3. The van der Waals surface area contributed by atoms with Gasteiger partial charge in [-0.3, -0.25) is 4.79 Å². The number of carbonyl (C=O) groups is 1. The molecule has 80 valence electrons. The SMILES string of the molecule is CCOC(=O)C1C(C=C(F)Br)C1(C)C. The zero-order valence-corrected chi connectivity index (χ0v) is 10.1. The minimum absolute atomic E-state index is 0.0547. The molecular formula is C10H14BrFO2. The molecule has 0 aromatic heterocycles. The lowest BCUT2D eigenvalue weighted by Crippen LogP contribution is -2.10. The molecule has 0 aromatic rings. The van der Waals surface area contributed by atoms with Crippen molar-refractivity contribution >= 4 is 21.9 Å². The largest absolute Gasteiger partial charge is 0.466 e. The van der Waals surface area contributed by atoms with Gasteiger partial charge in [-0.2, -0.15) is 4.39 Å². The second-order valence-corrected chi connectivity index (χ2v) is 4.79. The van der Waals surface area contributed by atoms with Crippen LogP contribution in [0.5, 0.6) is 0 Å². The number of esters is 1. The summed E-state index contributed by atoms with van der Waals surface area (Å²) in [4.78, 5) is 11.4. The summed E-state index contributed by atoms with van der Waals surface area (Å²) in [5.74, 6) is -0.487. The summed E-state index contributed by atoms with van der Waals surface area (Å²) < 4.78 is 17.1. The van der Waals surface area contributed by atoms with Crippen molar-refractivity contribution in [2.45, 2.75) is 20.8 Å². The molecule has 1 rings (SSSR count). The highest BCUT2D eigenvalue weighted by atomic mass is 79.9. The highest BCUT2D eigenvalue weighted by molar-refractivity contribution is 9.11. The van der Waals surface area contributed by atoms with Gasteiger partial charge in [-0.1, -0.05) is 13.8 Å². The molecule has 14 heavy (non-hydrogen) atoms. The summed E-state index contributed by atoms with van der Waals surface area (Å²) in [6, 6.07) is 0. The third-order valence-corrected chi connectivity index (χ3v) is 3.02. The Morgan fingerprint density at radius 2 is 2.21 bits per heavy atom. The molecule has 1 saturated carbocycles. The average Bonchev–Trinajstić information content (AvgIpc) is 2.52. The fraction of sp³-hybridized carbons (Fsp3) is 0.700. The second-order valence-electron chi connectivity index (χ2n) is 4.03. The van der Waals surface area contributed by atoms with Crippen molar-refractivity contribution in [3.05, 3.63) is 10.8 Å². The van der Waals surface area contributed by atoms with Crippen LogP contribution in [0.3, 0.4) is 0 Å². The van der Waals surface area contributed by atoms with Crippen molar-refractivity contribution in [2.24, 2.45) is 17.3 Å². The van der Waals surface area contributed by atoms with Crippen LogP contribution in [-0.2, 0) is 9.53 Å². The van der Waals surface area contributed by atoms with E-state index in [-0.39, 0.29) is 23.2 Å². The Labute approximate surface area is 91.6 Å². The van der Waals surface area contributed by atoms with Crippen molar-refractivity contribution in [1.29, 1.82) is 0 Å². The number of halogens is 2. The van der Waals surface area contributed by atoms with Crippen LogP contribution >= 0.6 is 15.9 Å². The Balaban J connectivity index is 2.66. The monoisotopic (exact) mass is 264 g/mol. The Kier molecular flexibility index (Phi) is 3.35. The van der Waals surface area contributed by atoms with E-state index in [2.05, 4.69) is 15.9 Å². The molecule has 1 fully saturated rings. The first-order valence-electron chi connectivity index (χ1n) is 4.60. The number of hydrogen-bond donors (Lipinski definition) is 0. The van der Waals surface area contributed by atoms with Gasteiger partial charge in [-0.25, -0.2) is 0 Å². The summed E-state index contributed by atoms with van der Waals surface area (Å²) in [6.07, 6.45) is 1.43. The van der Waals surface area contributed by atoms with Crippen molar-refractivity contribution in [3.63, 3.8) is 0 Å². The van der Waals surface area contributed by atoms with Gasteiger partial charge >= 0.3 is 5.97 Å². The maximum Gasteiger partial charge on any atom is 0.310 e. The highest BCUT2D eigenvalue weighted by Gasteiger charge is 2.61. The van der Waals surface area contributed by atoms with Gasteiger partial charge in [0.05, 0.1) is 12.5 Å². The lowest BCUT2D eigenvalue weighted by Gasteiger charge is -2.01. The van der Waals surface area contributed by atoms with E-state index in [0.717, 1.165) is 0 Å². The molecule has 2 atom stereocenters. The van der Waals surface area contributed by atoms with E-state index in [0.29, 0.717) is 6.61 Å². The van der Waals surface area contributed by atoms with Gasteiger partial charge < -0.3 is 4.74 Å². The molecule has 2 unspecified atom stereocenters. The van der Waals surface area contributed by atoms with Crippen LogP contribution in [0.4, 0.5) is 4.39 Å². The molecule has 1 aliphatic carbocycles. The van der Waals surface area contributed by atoms with Crippen molar-refractivity contribution in [3.8, 4) is 0 Å². The quantitative estimate of drug-likeness (QED) is 0.733. The lowest BCUT2D eigenvalue weighted by atomic mass is 10.1. The Morgan fingerprint density at radius 1 is 1.64 bits per heavy atom. The van der Waals surface area contributed by atoms with Gasteiger partial charge in [-0.05, 0) is 34.3 Å². The van der Waals surface area contributed by atoms with Gasteiger partial charge in [-0.15, -0.1) is 0 Å². The van der Waals surface area contributed by atoms with Crippen LogP contribution in [0.2, 0.25) is 0 Å². The smallest absolute Gasteiger partial charge is 0.310 e. The van der Waals surface area contributed by atoms with E-state index in [1.807, 2.05) is 13.8 Å². The summed E-state index contributed by atoms with van der Waals surface area (Å²) in [6.45, 7) is 6.01. The molecule has 0 spiro atoms. The van der Waals surface area contributed by atoms with Gasteiger partial charge in [0, 0.05) is 5.92 Å². The first kappa shape index (κ1) is 11.7. The van der Waals surface area contributed by atoms with E-state index in [9.17, 15) is 9.18 Å². The molecule has 0 N–H and O–H groups in total. The standard InChI is InChI=1S/C10H14BrFO2/c1-4-14-9(13)8-6(5-7(11)12)10(8,2)3/h5-6,8H,4H2,1-3H3. The van der Waals surface area contributed by atoms with Crippen LogP contribution in [0, 0.1) is 17.3 Å². The zero-order valence-electron chi connectivity index (χ0n) is 8.51. The summed E-state index contributed by atoms with van der Waals surface area (Å²) in [7, 11) is 0. The van der Waals surface area contributed by atoms with E-state index in [1.54, 1.807) is 6.92 Å². The molecule has 0 bridgehead atoms. The zero-order chi connectivity index (χ0) is 10.9. The van der Waals surface area contributed by atoms with Gasteiger partial charge in [0.25, 0.3) is 0 Å². The molecule has 0 saturated heterocycles. The molecule has 0 amide bonds. The van der Waals surface area contributed by atoms with Crippen molar-refractivity contribution < 1.29 is 13.9 Å². The third kappa shape index (κ3) is 2.16. The molecule has 0 radical (unpaired) electrons. The van der Waals surface area contributed by atoms with Crippen LogP contribution in [-0.4, -0.2) is 12.6 Å². The van der Waals surface area contributed by atoms with Gasteiger partial charge in [0.15, 0.2) is 4.74 Å². The molecular weight excluding hydrogens is 251 g/mol. The van der Waals surface area contributed by atoms with E-state index >= 15 is 0 Å². The average molecular weight is 265 g/mol. The van der Waals surface area contributed by atoms with E-state index in [1.165, 1.54) is 6.08 Å². The minimum atomic E-state index is -0.414. The van der Waals surface area contributed by atoms with E-state index < -0.39 is 4.74 Å². The maximum atomic E-state index is 12.6. The predicted octanol–water partition coefficient (Wildman–Crippen LogP) is 3.03. The Morgan fingerprint density at radius 3 is 2.64 bits per heavy atom. The Hall–Kier alpha value is -0.380. The first-order chi connectivity index (χ1) is 6.41. The second kappa shape index (κ2) is 4.01. The normalized spacial score (nSPS) is 29.9. The predicted molar refractivity (Wildman–Crippen MR) is 55.5 cm³/mol. The number of carbonyl (C=O) groups excluding carboxylic acids is 1. The van der Waals surface area contributed by atoms with Crippen molar-refractivity contribution in [2.75, 3.05) is 6.61 Å². The summed E-state index contributed by atoms with van der Waals surface area (Å²) >= 11 is 2.72. The van der Waals surface area contributed by atoms with Gasteiger partial charge in [0.2, 0.25) is 0 Å². The Bertz CT molecular complexity index is 269. The fourth-order valence-corrected chi connectivity index (χ4v) is 2.09. The number of ether oxygens (including phenoxy) is 1. The molecule has 0 aromatic carbocycles. The molecule has 2 nitrogen and oxygen atoms in total. The van der Waals surface area contributed by atoms with Crippen molar-refractivity contribution in [1.82, 2.24) is 0 Å². The lowest BCUT2D eigenvalue weighted by molar-refractivity contribution is -0.145. The van der Waals surface area contributed by atoms with Crippen LogP contribution in [0.15, 0.2) is 10.8 Å². The first-order valence-corrected chi connectivity index (χ1v) is 5.40. The molecule has 0 heterocycles. The number of hydrogen-bond acceptors (Lipinski definition) is 2. The van der Waals surface area contributed by atoms with Crippen LogP contribution in [0.25, 0.3) is 0 Å². The minimum Gasteiger partial charge on any atom is -0.466 e. The molecule has 4 heteroatoms.